The predicted octanol–water partition coefficient (Wildman–Crippen LogP) is 4.44. The lowest BCUT2D eigenvalue weighted by Crippen LogP contribution is -2.26. The molecule has 0 saturated carbocycles. The molecule has 1 heterocycles. The van der Waals surface area contributed by atoms with Gasteiger partial charge in [0.1, 0.15) is 5.82 Å². The van der Waals surface area contributed by atoms with Crippen LogP contribution in [0.25, 0.3) is 0 Å². The van der Waals surface area contributed by atoms with Gasteiger partial charge in [0.25, 0.3) is 0 Å². The third-order valence-corrected chi connectivity index (χ3v) is 4.27. The van der Waals surface area contributed by atoms with Crippen LogP contribution in [0.1, 0.15) is 22.3 Å². The number of fused-ring (bicyclic) bond motifs is 1. The van der Waals surface area contributed by atoms with Gasteiger partial charge in [0.15, 0.2) is 0 Å². The summed E-state index contributed by atoms with van der Waals surface area (Å²) in [7, 11) is 2.06. The van der Waals surface area contributed by atoms with Gasteiger partial charge >= 0.3 is 6.18 Å². The minimum atomic E-state index is -4.53. The van der Waals surface area contributed by atoms with Crippen molar-refractivity contribution >= 4 is 5.69 Å². The van der Waals surface area contributed by atoms with Crippen LogP contribution >= 0.6 is 0 Å². The molecule has 0 aliphatic carbocycles. The molecule has 0 bridgehead atoms. The summed E-state index contributed by atoms with van der Waals surface area (Å²) in [6, 6.07) is 8.62. The van der Waals surface area contributed by atoms with E-state index in [2.05, 4.69) is 17.3 Å². The van der Waals surface area contributed by atoms with Crippen LogP contribution in [0.15, 0.2) is 36.4 Å². The van der Waals surface area contributed by atoms with Crippen molar-refractivity contribution in [3.05, 3.63) is 64.5 Å². The molecule has 0 spiro atoms. The number of rotatable bonds is 3. The van der Waals surface area contributed by atoms with E-state index in [0.29, 0.717) is 6.07 Å². The zero-order valence-corrected chi connectivity index (χ0v) is 13.3. The Morgan fingerprint density at radius 2 is 1.88 bits per heavy atom. The molecule has 0 unspecified atom stereocenters. The van der Waals surface area contributed by atoms with Crippen LogP contribution in [0.5, 0.6) is 0 Å². The highest BCUT2D eigenvalue weighted by Crippen LogP contribution is 2.30. The highest BCUT2D eigenvalue weighted by Gasteiger charge is 2.31. The molecule has 1 N–H and O–H groups in total. The van der Waals surface area contributed by atoms with Crippen molar-refractivity contribution in [1.29, 1.82) is 0 Å². The summed E-state index contributed by atoms with van der Waals surface area (Å²) >= 11 is 0. The number of alkyl halides is 3. The van der Waals surface area contributed by atoms with Gasteiger partial charge in [0, 0.05) is 30.9 Å². The zero-order chi connectivity index (χ0) is 17.3. The van der Waals surface area contributed by atoms with Crippen molar-refractivity contribution in [1.82, 2.24) is 4.90 Å². The van der Waals surface area contributed by atoms with Crippen molar-refractivity contribution in [2.24, 2.45) is 0 Å². The first-order chi connectivity index (χ1) is 11.3. The minimum absolute atomic E-state index is 0.137. The van der Waals surface area contributed by atoms with Gasteiger partial charge in [0.2, 0.25) is 0 Å². The summed E-state index contributed by atoms with van der Waals surface area (Å²) in [5, 5.41) is 3.09. The molecule has 2 aromatic carbocycles. The average Bonchev–Trinajstić information content (AvgIpc) is 2.52. The molecule has 0 saturated heterocycles. The smallest absolute Gasteiger partial charge is 0.381 e. The van der Waals surface area contributed by atoms with Crippen molar-refractivity contribution in [2.45, 2.75) is 25.7 Å². The van der Waals surface area contributed by atoms with E-state index >= 15 is 0 Å². The maximum absolute atomic E-state index is 13.9. The predicted molar refractivity (Wildman–Crippen MR) is 85.2 cm³/mol. The standard InChI is InChI=1S/C18H18F4N2/c1-24-7-6-12-3-5-16(8-14(12)11-24)23-10-13-2-4-15(9-17(13)19)18(20,21)22/h2-5,8-9,23H,6-7,10-11H2,1H3. The number of nitrogens with one attached hydrogen (secondary N) is 1. The first-order valence-electron chi connectivity index (χ1n) is 7.73. The van der Waals surface area contributed by atoms with Gasteiger partial charge in [-0.3, -0.25) is 0 Å². The number of likely N-dealkylation sites (N-methyl/N-ethyl adjacent to an activating group) is 1. The van der Waals surface area contributed by atoms with Crippen LogP contribution in [-0.4, -0.2) is 18.5 Å². The van der Waals surface area contributed by atoms with E-state index in [4.69, 9.17) is 0 Å². The molecular formula is C18H18F4N2. The number of hydrogen-bond acceptors (Lipinski definition) is 2. The molecule has 1 aliphatic rings. The van der Waals surface area contributed by atoms with Crippen molar-refractivity contribution in [3.8, 4) is 0 Å². The molecule has 0 amide bonds. The molecule has 6 heteroatoms. The van der Waals surface area contributed by atoms with Crippen molar-refractivity contribution in [2.75, 3.05) is 18.9 Å². The molecule has 0 aromatic heterocycles. The Morgan fingerprint density at radius 1 is 1.08 bits per heavy atom. The van der Waals surface area contributed by atoms with Crippen molar-refractivity contribution in [3.63, 3.8) is 0 Å². The van der Waals surface area contributed by atoms with E-state index in [1.54, 1.807) is 0 Å². The molecule has 2 nitrogen and oxygen atoms in total. The largest absolute Gasteiger partial charge is 0.416 e. The fourth-order valence-electron chi connectivity index (χ4n) is 2.87. The average molecular weight is 338 g/mol. The molecule has 0 fully saturated rings. The highest BCUT2D eigenvalue weighted by molar-refractivity contribution is 5.50. The van der Waals surface area contributed by atoms with Crippen LogP contribution in [0.4, 0.5) is 23.2 Å². The Bertz CT molecular complexity index is 740. The summed E-state index contributed by atoms with van der Waals surface area (Å²) in [4.78, 5) is 2.22. The molecule has 0 radical (unpaired) electrons. The molecule has 2 aromatic rings. The Morgan fingerprint density at radius 3 is 2.58 bits per heavy atom. The fraction of sp³-hybridized carbons (Fsp3) is 0.333. The van der Waals surface area contributed by atoms with Gasteiger partial charge in [-0.2, -0.15) is 13.2 Å². The van der Waals surface area contributed by atoms with Gasteiger partial charge in [-0.25, -0.2) is 4.39 Å². The van der Waals surface area contributed by atoms with Gasteiger partial charge in [-0.1, -0.05) is 12.1 Å². The summed E-state index contributed by atoms with van der Waals surface area (Å²) in [5.74, 6) is -0.852. The SMILES string of the molecule is CN1CCc2ccc(NCc3ccc(C(F)(F)F)cc3F)cc2C1. The van der Waals surface area contributed by atoms with Gasteiger partial charge in [0.05, 0.1) is 5.56 Å². The molecular weight excluding hydrogens is 320 g/mol. The van der Waals surface area contributed by atoms with E-state index in [1.165, 1.54) is 17.2 Å². The highest BCUT2D eigenvalue weighted by atomic mass is 19.4. The summed E-state index contributed by atoms with van der Waals surface area (Å²) in [5.41, 5.74) is 2.60. The molecule has 3 rings (SSSR count). The second-order valence-corrected chi connectivity index (χ2v) is 6.13. The summed E-state index contributed by atoms with van der Waals surface area (Å²) in [6.07, 6.45) is -3.53. The number of hydrogen-bond donors (Lipinski definition) is 1. The molecule has 128 valence electrons. The van der Waals surface area contributed by atoms with Crippen LogP contribution in [0.3, 0.4) is 0 Å². The summed E-state index contributed by atoms with van der Waals surface area (Å²) in [6.45, 7) is 2.02. The van der Waals surface area contributed by atoms with E-state index in [0.717, 1.165) is 31.3 Å². The third kappa shape index (κ3) is 3.70. The lowest BCUT2D eigenvalue weighted by atomic mass is 9.99. The third-order valence-electron chi connectivity index (χ3n) is 4.27. The topological polar surface area (TPSA) is 15.3 Å². The normalized spacial score (nSPS) is 15.2. The van der Waals surface area contributed by atoms with Crippen molar-refractivity contribution < 1.29 is 17.6 Å². The van der Waals surface area contributed by atoms with Gasteiger partial charge < -0.3 is 10.2 Å². The van der Waals surface area contributed by atoms with Gasteiger partial charge in [-0.05, 0) is 48.9 Å². The number of anilines is 1. The Kier molecular flexibility index (Phi) is 4.49. The zero-order valence-electron chi connectivity index (χ0n) is 13.3. The van der Waals surface area contributed by atoms with E-state index in [-0.39, 0.29) is 12.1 Å². The van der Waals surface area contributed by atoms with Crippen LogP contribution < -0.4 is 5.32 Å². The molecule has 0 atom stereocenters. The van der Waals surface area contributed by atoms with E-state index < -0.39 is 17.6 Å². The monoisotopic (exact) mass is 338 g/mol. The Balaban J connectivity index is 1.71. The van der Waals surface area contributed by atoms with Crippen LogP contribution in [0, 0.1) is 5.82 Å². The van der Waals surface area contributed by atoms with E-state index in [9.17, 15) is 17.6 Å². The molecule has 1 aliphatic heterocycles. The lowest BCUT2D eigenvalue weighted by molar-refractivity contribution is -0.137. The maximum atomic E-state index is 13.9. The first kappa shape index (κ1) is 16.8. The Labute approximate surface area is 138 Å². The summed E-state index contributed by atoms with van der Waals surface area (Å²) < 4.78 is 51.5. The van der Waals surface area contributed by atoms with Crippen LogP contribution in [-0.2, 0) is 25.7 Å². The number of benzene rings is 2. The number of nitrogens with zero attached hydrogens (tertiary/aromatic N) is 1. The quantitative estimate of drug-likeness (QED) is 0.832. The van der Waals surface area contributed by atoms with Gasteiger partial charge in [-0.15, -0.1) is 0 Å². The first-order valence-corrected chi connectivity index (χ1v) is 7.73. The Hall–Kier alpha value is -2.08. The minimum Gasteiger partial charge on any atom is -0.381 e. The van der Waals surface area contributed by atoms with Crippen LogP contribution in [0.2, 0.25) is 0 Å². The lowest BCUT2D eigenvalue weighted by Gasteiger charge is -2.25. The molecule has 24 heavy (non-hydrogen) atoms. The number of halogens is 4. The maximum Gasteiger partial charge on any atom is 0.416 e. The van der Waals surface area contributed by atoms with E-state index in [1.807, 2.05) is 18.2 Å². The second-order valence-electron chi connectivity index (χ2n) is 6.13. The second kappa shape index (κ2) is 6.43. The fourth-order valence-corrected chi connectivity index (χ4v) is 2.87.